The number of hydrogen-bond acceptors (Lipinski definition) is 3. The molecule has 0 aliphatic carbocycles. The Bertz CT molecular complexity index is 411. The van der Waals surface area contributed by atoms with Crippen LogP contribution in [-0.2, 0) is 14.3 Å². The number of rotatable bonds is 4. The molecule has 1 rings (SSSR count). The molecule has 0 fully saturated rings. The molecule has 0 amide bonds. The molecule has 0 aromatic heterocycles. The Balaban J connectivity index is 2.91. The molecular weight excluding hydrogens is 280 g/mol. The minimum atomic E-state index is -3.61. The fourth-order valence-corrected chi connectivity index (χ4v) is 2.35. The lowest BCUT2D eigenvalue weighted by atomic mass is 10.3. The Morgan fingerprint density at radius 2 is 1.87 bits per heavy atom. The topological polar surface area (TPSA) is 43.4 Å². The second-order valence-electron chi connectivity index (χ2n) is 3.22. The lowest BCUT2D eigenvalue weighted by Gasteiger charge is -2.10. The maximum absolute atomic E-state index is 11.7. The van der Waals surface area contributed by atoms with E-state index in [0.717, 1.165) is 4.47 Å². The number of benzene rings is 1. The zero-order valence-electron chi connectivity index (χ0n) is 8.60. The molecule has 0 saturated heterocycles. The second-order valence-corrected chi connectivity index (χ2v) is 5.71. The van der Waals surface area contributed by atoms with Gasteiger partial charge in [0.05, 0.1) is 11.0 Å². The predicted molar refractivity (Wildman–Crippen MR) is 62.2 cm³/mol. The van der Waals surface area contributed by atoms with Crippen molar-refractivity contribution in [1.82, 2.24) is 0 Å². The Hall–Kier alpha value is -0.390. The molecule has 0 aliphatic heterocycles. The molecule has 0 heterocycles. The summed E-state index contributed by atoms with van der Waals surface area (Å²) in [5, 5.41) is 0. The molecule has 0 saturated carbocycles. The molecule has 0 bridgehead atoms. The minimum Gasteiger partial charge on any atom is -0.263 e. The first-order valence-electron chi connectivity index (χ1n) is 4.64. The van der Waals surface area contributed by atoms with Crippen molar-refractivity contribution in [2.24, 2.45) is 0 Å². The average Bonchev–Trinajstić information content (AvgIpc) is 2.17. The molecule has 0 aliphatic rings. The zero-order valence-corrected chi connectivity index (χ0v) is 11.0. The third-order valence-corrected chi connectivity index (χ3v) is 3.93. The van der Waals surface area contributed by atoms with Crippen LogP contribution in [0.15, 0.2) is 33.6 Å². The van der Waals surface area contributed by atoms with Crippen LogP contribution in [0.4, 0.5) is 0 Å². The fourth-order valence-electron chi connectivity index (χ4n) is 0.941. The number of halogens is 1. The zero-order chi connectivity index (χ0) is 11.5. The maximum atomic E-state index is 11.7. The van der Waals surface area contributed by atoms with Crippen molar-refractivity contribution in [3.63, 3.8) is 0 Å². The van der Waals surface area contributed by atoms with Crippen LogP contribution in [0.3, 0.4) is 0 Å². The van der Waals surface area contributed by atoms with E-state index in [1.165, 1.54) is 12.1 Å². The summed E-state index contributed by atoms with van der Waals surface area (Å²) in [6.07, 6.45) is 0.370. The van der Waals surface area contributed by atoms with Crippen LogP contribution in [-0.4, -0.2) is 14.5 Å². The van der Waals surface area contributed by atoms with Crippen molar-refractivity contribution < 1.29 is 12.6 Å². The molecule has 1 atom stereocenters. The van der Waals surface area contributed by atoms with Crippen molar-refractivity contribution >= 4 is 26.0 Å². The summed E-state index contributed by atoms with van der Waals surface area (Å²) >= 11 is 3.24. The average molecular weight is 293 g/mol. The largest absolute Gasteiger partial charge is 0.297 e. The van der Waals surface area contributed by atoms with Gasteiger partial charge in [0.1, 0.15) is 0 Å². The van der Waals surface area contributed by atoms with Crippen molar-refractivity contribution in [1.29, 1.82) is 0 Å². The van der Waals surface area contributed by atoms with Gasteiger partial charge in [0, 0.05) is 4.47 Å². The standard InChI is InChI=1S/C10H13BrO3S/c1-3-8(2)14-15(12,13)10-6-4-9(11)5-7-10/h4-8H,3H2,1-2H3/t8-/m0/s1. The van der Waals surface area contributed by atoms with Gasteiger partial charge in [-0.1, -0.05) is 22.9 Å². The van der Waals surface area contributed by atoms with Crippen LogP contribution < -0.4 is 0 Å². The highest BCUT2D eigenvalue weighted by Gasteiger charge is 2.17. The highest BCUT2D eigenvalue weighted by Crippen LogP contribution is 2.18. The maximum Gasteiger partial charge on any atom is 0.297 e. The first kappa shape index (κ1) is 12.7. The monoisotopic (exact) mass is 292 g/mol. The van der Waals surface area contributed by atoms with E-state index in [-0.39, 0.29) is 11.0 Å². The quantitative estimate of drug-likeness (QED) is 0.802. The minimum absolute atomic E-state index is 0.186. The molecule has 0 spiro atoms. The lowest BCUT2D eigenvalue weighted by molar-refractivity contribution is 0.224. The first-order chi connectivity index (χ1) is 6.95. The molecule has 0 unspecified atom stereocenters. The van der Waals surface area contributed by atoms with Gasteiger partial charge in [0.25, 0.3) is 10.1 Å². The van der Waals surface area contributed by atoms with E-state index in [9.17, 15) is 8.42 Å². The van der Waals surface area contributed by atoms with E-state index in [1.54, 1.807) is 19.1 Å². The van der Waals surface area contributed by atoms with Crippen LogP contribution in [0.2, 0.25) is 0 Å². The Morgan fingerprint density at radius 3 is 2.33 bits per heavy atom. The fraction of sp³-hybridized carbons (Fsp3) is 0.400. The van der Waals surface area contributed by atoms with Gasteiger partial charge in [-0.15, -0.1) is 0 Å². The van der Waals surface area contributed by atoms with Gasteiger partial charge in [-0.25, -0.2) is 0 Å². The molecule has 0 N–H and O–H groups in total. The Kier molecular flexibility index (Phi) is 4.31. The molecule has 0 radical (unpaired) electrons. The van der Waals surface area contributed by atoms with Gasteiger partial charge in [0.15, 0.2) is 0 Å². The smallest absolute Gasteiger partial charge is 0.263 e. The summed E-state index contributed by atoms with van der Waals surface area (Å²) in [4.78, 5) is 0.186. The Labute approximate surface area is 98.7 Å². The molecule has 15 heavy (non-hydrogen) atoms. The van der Waals surface area contributed by atoms with Gasteiger partial charge in [-0.3, -0.25) is 4.18 Å². The van der Waals surface area contributed by atoms with E-state index < -0.39 is 10.1 Å². The van der Waals surface area contributed by atoms with Crippen LogP contribution >= 0.6 is 15.9 Å². The van der Waals surface area contributed by atoms with Gasteiger partial charge in [-0.2, -0.15) is 8.42 Å². The van der Waals surface area contributed by atoms with Crippen molar-refractivity contribution in [2.75, 3.05) is 0 Å². The van der Waals surface area contributed by atoms with Crippen molar-refractivity contribution in [3.8, 4) is 0 Å². The second kappa shape index (κ2) is 5.09. The van der Waals surface area contributed by atoms with Crippen LogP contribution in [0.25, 0.3) is 0 Å². The third-order valence-electron chi connectivity index (χ3n) is 1.97. The van der Waals surface area contributed by atoms with Gasteiger partial charge in [0.2, 0.25) is 0 Å². The van der Waals surface area contributed by atoms with E-state index in [1.807, 2.05) is 6.92 Å². The van der Waals surface area contributed by atoms with Crippen molar-refractivity contribution in [3.05, 3.63) is 28.7 Å². The van der Waals surface area contributed by atoms with E-state index >= 15 is 0 Å². The van der Waals surface area contributed by atoms with Gasteiger partial charge < -0.3 is 0 Å². The van der Waals surface area contributed by atoms with Crippen molar-refractivity contribution in [2.45, 2.75) is 31.3 Å². The first-order valence-corrected chi connectivity index (χ1v) is 6.84. The number of hydrogen-bond donors (Lipinski definition) is 0. The van der Waals surface area contributed by atoms with Crippen LogP contribution in [0, 0.1) is 0 Å². The highest BCUT2D eigenvalue weighted by atomic mass is 79.9. The SMILES string of the molecule is CC[C@H](C)OS(=O)(=O)c1ccc(Br)cc1. The third kappa shape index (κ3) is 3.59. The molecule has 3 nitrogen and oxygen atoms in total. The molecule has 1 aromatic rings. The van der Waals surface area contributed by atoms with Gasteiger partial charge >= 0.3 is 0 Å². The summed E-state index contributed by atoms with van der Waals surface area (Å²) in [5.41, 5.74) is 0. The highest BCUT2D eigenvalue weighted by molar-refractivity contribution is 9.10. The lowest BCUT2D eigenvalue weighted by Crippen LogP contribution is -2.14. The summed E-state index contributed by atoms with van der Waals surface area (Å²) in [7, 11) is -3.61. The Morgan fingerprint density at radius 1 is 1.33 bits per heavy atom. The normalized spacial score (nSPS) is 13.8. The summed E-state index contributed by atoms with van der Waals surface area (Å²) in [6, 6.07) is 6.38. The molecule has 1 aromatic carbocycles. The summed E-state index contributed by atoms with van der Waals surface area (Å²) < 4.78 is 29.2. The molecular formula is C10H13BrO3S. The van der Waals surface area contributed by atoms with E-state index in [0.29, 0.717) is 6.42 Å². The van der Waals surface area contributed by atoms with Crippen LogP contribution in [0.1, 0.15) is 20.3 Å². The predicted octanol–water partition coefficient (Wildman–Crippen LogP) is 2.95. The summed E-state index contributed by atoms with van der Waals surface area (Å²) in [5.74, 6) is 0. The molecule has 5 heteroatoms. The van der Waals surface area contributed by atoms with E-state index in [2.05, 4.69) is 15.9 Å². The summed E-state index contributed by atoms with van der Waals surface area (Å²) in [6.45, 7) is 3.61. The van der Waals surface area contributed by atoms with E-state index in [4.69, 9.17) is 4.18 Å². The molecule has 84 valence electrons. The van der Waals surface area contributed by atoms with Gasteiger partial charge in [-0.05, 0) is 37.6 Å². The van der Waals surface area contributed by atoms with Crippen LogP contribution in [0.5, 0.6) is 0 Å².